The molecule has 0 bridgehead atoms. The summed E-state index contributed by atoms with van der Waals surface area (Å²) < 4.78 is 14.3. The van der Waals surface area contributed by atoms with Crippen LogP contribution in [0.2, 0.25) is 0 Å². The Kier molecular flexibility index (Phi) is 1.99. The Morgan fingerprint density at radius 3 is 2.55 bits per heavy atom. The van der Waals surface area contributed by atoms with Gasteiger partial charge in [-0.1, -0.05) is 0 Å². The lowest BCUT2D eigenvalue weighted by atomic mass is 10.3. The van der Waals surface area contributed by atoms with Crippen LogP contribution in [-0.4, -0.2) is 15.6 Å². The van der Waals surface area contributed by atoms with Crippen molar-refractivity contribution >= 4 is 21.9 Å². The molecule has 0 saturated heterocycles. The summed E-state index contributed by atoms with van der Waals surface area (Å²) >= 11 is 2.89. The van der Waals surface area contributed by atoms with Crippen LogP contribution in [0.1, 0.15) is 10.4 Å². The van der Waals surface area contributed by atoms with E-state index in [1.165, 1.54) is 10.8 Å². The molecule has 1 aromatic heterocycles. The summed E-state index contributed by atoms with van der Waals surface area (Å²) in [5, 5.41) is 8.43. The van der Waals surface area contributed by atoms with Crippen molar-refractivity contribution < 1.29 is 14.3 Å². The van der Waals surface area contributed by atoms with Gasteiger partial charge in [0, 0.05) is 13.2 Å². The van der Waals surface area contributed by atoms with Crippen molar-refractivity contribution in [3.05, 3.63) is 22.2 Å². The maximum atomic E-state index is 12.8. The van der Waals surface area contributed by atoms with Crippen LogP contribution in [0.3, 0.4) is 0 Å². The van der Waals surface area contributed by atoms with Crippen LogP contribution in [0.25, 0.3) is 0 Å². The highest BCUT2D eigenvalue weighted by atomic mass is 79.9. The van der Waals surface area contributed by atoms with Gasteiger partial charge in [-0.15, -0.1) is 0 Å². The van der Waals surface area contributed by atoms with Gasteiger partial charge in [0.15, 0.2) is 5.82 Å². The van der Waals surface area contributed by atoms with Gasteiger partial charge in [-0.05, 0) is 15.9 Å². The molecular formula is C6H5BrFNO2. The van der Waals surface area contributed by atoms with Crippen molar-refractivity contribution in [3.8, 4) is 0 Å². The predicted molar refractivity (Wildman–Crippen MR) is 40.0 cm³/mol. The molecule has 0 spiro atoms. The molecule has 60 valence electrons. The zero-order chi connectivity index (χ0) is 8.59. The van der Waals surface area contributed by atoms with E-state index in [9.17, 15) is 9.18 Å². The second-order valence-corrected chi connectivity index (χ2v) is 2.81. The summed E-state index contributed by atoms with van der Waals surface area (Å²) in [6, 6.07) is 0. The Balaban J connectivity index is 3.29. The first-order valence-corrected chi connectivity index (χ1v) is 3.57. The lowest BCUT2D eigenvalue weighted by molar-refractivity contribution is 0.0692. The molecule has 0 fully saturated rings. The highest BCUT2D eigenvalue weighted by molar-refractivity contribution is 9.10. The van der Waals surface area contributed by atoms with Crippen LogP contribution < -0.4 is 0 Å². The molecular weight excluding hydrogens is 217 g/mol. The number of rotatable bonds is 1. The number of hydrogen-bond donors (Lipinski definition) is 1. The molecule has 0 saturated carbocycles. The van der Waals surface area contributed by atoms with Crippen molar-refractivity contribution in [1.82, 2.24) is 4.57 Å². The maximum absolute atomic E-state index is 12.8. The fraction of sp³-hybridized carbons (Fsp3) is 0.167. The first kappa shape index (κ1) is 8.26. The second kappa shape index (κ2) is 2.65. The van der Waals surface area contributed by atoms with Gasteiger partial charge in [0.05, 0.1) is 0 Å². The number of aromatic nitrogens is 1. The van der Waals surface area contributed by atoms with E-state index < -0.39 is 11.8 Å². The Labute approximate surface area is 70.6 Å². The minimum absolute atomic E-state index is 0.148. The molecule has 5 heteroatoms. The largest absolute Gasteiger partial charge is 0.478 e. The topological polar surface area (TPSA) is 42.2 Å². The summed E-state index contributed by atoms with van der Waals surface area (Å²) in [5.74, 6) is -2.00. The molecule has 0 atom stereocenters. The highest BCUT2D eigenvalue weighted by Gasteiger charge is 2.16. The number of aryl methyl sites for hydroxylation is 1. The van der Waals surface area contributed by atoms with Gasteiger partial charge >= 0.3 is 5.97 Å². The van der Waals surface area contributed by atoms with E-state index in [4.69, 9.17) is 5.11 Å². The lowest BCUT2D eigenvalue weighted by Crippen LogP contribution is -1.96. The normalized spacial score (nSPS) is 10.1. The van der Waals surface area contributed by atoms with Crippen molar-refractivity contribution in [3.63, 3.8) is 0 Å². The molecule has 1 heterocycles. The fourth-order valence-corrected chi connectivity index (χ4v) is 1.04. The molecule has 1 aromatic rings. The average molecular weight is 222 g/mol. The SMILES string of the molecule is Cn1cc(C(=O)O)c(F)c1Br. The number of halogens is 2. The van der Waals surface area contributed by atoms with Gasteiger partial charge in [-0.25, -0.2) is 9.18 Å². The quantitative estimate of drug-likeness (QED) is 0.784. The molecule has 11 heavy (non-hydrogen) atoms. The van der Waals surface area contributed by atoms with Crippen molar-refractivity contribution in [2.24, 2.45) is 7.05 Å². The Bertz CT molecular complexity index is 308. The Morgan fingerprint density at radius 1 is 1.82 bits per heavy atom. The smallest absolute Gasteiger partial charge is 0.340 e. The van der Waals surface area contributed by atoms with Crippen LogP contribution >= 0.6 is 15.9 Å². The number of carboxylic acids is 1. The summed E-state index contributed by atoms with van der Waals surface area (Å²) in [7, 11) is 1.56. The monoisotopic (exact) mass is 221 g/mol. The summed E-state index contributed by atoms with van der Waals surface area (Å²) in [5.41, 5.74) is -0.320. The van der Waals surface area contributed by atoms with E-state index in [2.05, 4.69) is 15.9 Å². The molecule has 0 aliphatic rings. The summed E-state index contributed by atoms with van der Waals surface area (Å²) in [6.45, 7) is 0. The predicted octanol–water partition coefficient (Wildman–Crippen LogP) is 1.62. The minimum atomic E-state index is -1.26. The van der Waals surface area contributed by atoms with E-state index in [-0.39, 0.29) is 10.2 Å². The van der Waals surface area contributed by atoms with Crippen molar-refractivity contribution in [1.29, 1.82) is 0 Å². The van der Waals surface area contributed by atoms with Gasteiger partial charge in [-0.2, -0.15) is 0 Å². The van der Waals surface area contributed by atoms with Gasteiger partial charge in [0.25, 0.3) is 0 Å². The third kappa shape index (κ3) is 1.28. The Hall–Kier alpha value is -0.840. The van der Waals surface area contributed by atoms with Crippen molar-refractivity contribution in [2.75, 3.05) is 0 Å². The highest BCUT2D eigenvalue weighted by Crippen LogP contribution is 2.19. The number of carbonyl (C=O) groups is 1. The molecule has 3 nitrogen and oxygen atoms in total. The van der Waals surface area contributed by atoms with Crippen LogP contribution in [0.5, 0.6) is 0 Å². The molecule has 0 unspecified atom stereocenters. The number of aromatic carboxylic acids is 1. The molecule has 0 aliphatic carbocycles. The third-order valence-corrected chi connectivity index (χ3v) is 2.19. The van der Waals surface area contributed by atoms with Crippen LogP contribution in [-0.2, 0) is 7.05 Å². The van der Waals surface area contributed by atoms with Gasteiger partial charge in [-0.3, -0.25) is 0 Å². The summed E-state index contributed by atoms with van der Waals surface area (Å²) in [4.78, 5) is 10.3. The zero-order valence-electron chi connectivity index (χ0n) is 5.64. The molecule has 0 aliphatic heterocycles. The van der Waals surface area contributed by atoms with Crippen LogP contribution in [0, 0.1) is 5.82 Å². The maximum Gasteiger partial charge on any atom is 0.340 e. The van der Waals surface area contributed by atoms with Gasteiger partial charge < -0.3 is 9.67 Å². The van der Waals surface area contributed by atoms with Crippen LogP contribution in [0.15, 0.2) is 10.8 Å². The number of hydrogen-bond acceptors (Lipinski definition) is 1. The molecule has 1 rings (SSSR count). The van der Waals surface area contributed by atoms with E-state index in [0.717, 1.165) is 0 Å². The third-order valence-electron chi connectivity index (χ3n) is 1.28. The van der Waals surface area contributed by atoms with Crippen LogP contribution in [0.4, 0.5) is 4.39 Å². The molecule has 0 amide bonds. The summed E-state index contributed by atoms with van der Waals surface area (Å²) in [6.07, 6.45) is 1.21. The fourth-order valence-electron chi connectivity index (χ4n) is 0.722. The average Bonchev–Trinajstić information content (AvgIpc) is 2.17. The zero-order valence-corrected chi connectivity index (χ0v) is 7.22. The standard InChI is InChI=1S/C6H5BrFNO2/c1-9-2-3(6(10)11)4(8)5(9)7/h2H,1H3,(H,10,11). The molecule has 1 N–H and O–H groups in total. The first-order chi connectivity index (χ1) is 5.04. The van der Waals surface area contributed by atoms with Gasteiger partial charge in [0.2, 0.25) is 0 Å². The minimum Gasteiger partial charge on any atom is -0.478 e. The van der Waals surface area contributed by atoms with E-state index in [1.54, 1.807) is 7.05 Å². The number of carboxylic acid groups (broad SMARTS) is 1. The number of nitrogens with zero attached hydrogens (tertiary/aromatic N) is 1. The van der Waals surface area contributed by atoms with Crippen molar-refractivity contribution in [2.45, 2.75) is 0 Å². The first-order valence-electron chi connectivity index (χ1n) is 2.77. The Morgan fingerprint density at radius 2 is 2.36 bits per heavy atom. The lowest BCUT2D eigenvalue weighted by Gasteiger charge is -1.88. The second-order valence-electron chi connectivity index (χ2n) is 2.06. The molecule has 0 aromatic carbocycles. The van der Waals surface area contributed by atoms with E-state index in [1.807, 2.05) is 0 Å². The molecule has 0 radical (unpaired) electrons. The van der Waals surface area contributed by atoms with Gasteiger partial charge in [0.1, 0.15) is 10.2 Å². The van der Waals surface area contributed by atoms with E-state index >= 15 is 0 Å². The van der Waals surface area contributed by atoms with E-state index in [0.29, 0.717) is 0 Å².